The lowest BCUT2D eigenvalue weighted by molar-refractivity contribution is -0.120. The van der Waals surface area contributed by atoms with Gasteiger partial charge < -0.3 is 16.0 Å². The number of nitrogens with one attached hydrogen (secondary N) is 3. The van der Waals surface area contributed by atoms with Gasteiger partial charge in [-0.2, -0.15) is 11.8 Å². The van der Waals surface area contributed by atoms with Gasteiger partial charge >= 0.3 is 6.03 Å². The highest BCUT2D eigenvalue weighted by Crippen LogP contribution is 2.33. The van der Waals surface area contributed by atoms with Crippen LogP contribution in [-0.4, -0.2) is 54.8 Å². The summed E-state index contributed by atoms with van der Waals surface area (Å²) in [7, 11) is 1.69. The molecule has 0 aliphatic carbocycles. The van der Waals surface area contributed by atoms with E-state index in [0.717, 1.165) is 25.0 Å². The quantitative estimate of drug-likeness (QED) is 0.364. The maximum atomic E-state index is 11.5. The van der Waals surface area contributed by atoms with Gasteiger partial charge in [-0.15, -0.1) is 0 Å². The molecule has 0 spiro atoms. The average Bonchev–Trinajstić information content (AvgIpc) is 2.95. The molecule has 7 heteroatoms. The Morgan fingerprint density at radius 2 is 2.35 bits per heavy atom. The first-order chi connectivity index (χ1) is 9.70. The molecule has 2 fully saturated rings. The zero-order valence-electron chi connectivity index (χ0n) is 11.7. The molecule has 0 saturated carbocycles. The molecule has 2 saturated heterocycles. The Hall–Kier alpha value is -1.24. The summed E-state index contributed by atoms with van der Waals surface area (Å²) in [5.41, 5.74) is 0. The van der Waals surface area contributed by atoms with Gasteiger partial charge in [0.1, 0.15) is 0 Å². The summed E-state index contributed by atoms with van der Waals surface area (Å²) in [5, 5.41) is 9.20. The second kappa shape index (κ2) is 7.52. The Labute approximate surface area is 123 Å². The molecule has 2 rings (SSSR count). The number of carbonyl (C=O) groups is 2. The van der Waals surface area contributed by atoms with Crippen LogP contribution in [0.5, 0.6) is 0 Å². The van der Waals surface area contributed by atoms with Crippen LogP contribution < -0.4 is 16.0 Å². The van der Waals surface area contributed by atoms with Crippen LogP contribution in [0.15, 0.2) is 4.99 Å². The molecule has 2 aliphatic heterocycles. The standard InChI is InChI=1S/C13H22N4O2S/c1-14-6-7-15-11(18)5-3-2-4-10-12-9(8-20-10)16-13(19)17-12/h6,9-10,12H,2-5,7-8H2,1H3,(H,15,18)(H2,16,17,19)/t9-,10-,12-/m0/s1. The summed E-state index contributed by atoms with van der Waals surface area (Å²) in [4.78, 5) is 26.6. The maximum absolute atomic E-state index is 11.5. The summed E-state index contributed by atoms with van der Waals surface area (Å²) in [6.45, 7) is 0.509. The van der Waals surface area contributed by atoms with E-state index < -0.39 is 0 Å². The fourth-order valence-corrected chi connectivity index (χ4v) is 4.16. The molecule has 112 valence electrons. The van der Waals surface area contributed by atoms with Crippen molar-refractivity contribution in [1.82, 2.24) is 16.0 Å². The Morgan fingerprint density at radius 1 is 1.50 bits per heavy atom. The fourth-order valence-electron chi connectivity index (χ4n) is 2.61. The molecule has 0 aromatic rings. The van der Waals surface area contributed by atoms with Crippen LogP contribution in [0.2, 0.25) is 0 Å². The van der Waals surface area contributed by atoms with Gasteiger partial charge in [0, 0.05) is 30.7 Å². The van der Waals surface area contributed by atoms with Crippen molar-refractivity contribution in [1.29, 1.82) is 0 Å². The van der Waals surface area contributed by atoms with Gasteiger partial charge in [-0.1, -0.05) is 6.42 Å². The van der Waals surface area contributed by atoms with Crippen molar-refractivity contribution in [3.63, 3.8) is 0 Å². The first kappa shape index (κ1) is 15.2. The summed E-state index contributed by atoms with van der Waals surface area (Å²) in [5.74, 6) is 1.07. The number of carbonyl (C=O) groups excluding carboxylic acids is 2. The predicted molar refractivity (Wildman–Crippen MR) is 81.4 cm³/mol. The molecule has 3 N–H and O–H groups in total. The Balaban J connectivity index is 1.57. The van der Waals surface area contributed by atoms with Crippen LogP contribution >= 0.6 is 11.8 Å². The van der Waals surface area contributed by atoms with Crippen LogP contribution in [-0.2, 0) is 4.79 Å². The minimum atomic E-state index is -0.0396. The minimum absolute atomic E-state index is 0.0396. The zero-order chi connectivity index (χ0) is 14.4. The smallest absolute Gasteiger partial charge is 0.315 e. The van der Waals surface area contributed by atoms with Crippen molar-refractivity contribution in [3.8, 4) is 0 Å². The summed E-state index contributed by atoms with van der Waals surface area (Å²) < 4.78 is 0. The van der Waals surface area contributed by atoms with E-state index in [-0.39, 0.29) is 24.0 Å². The van der Waals surface area contributed by atoms with Crippen LogP contribution in [0.3, 0.4) is 0 Å². The van der Waals surface area contributed by atoms with E-state index in [9.17, 15) is 9.59 Å². The molecule has 3 amide bonds. The normalized spacial score (nSPS) is 28.2. The van der Waals surface area contributed by atoms with Gasteiger partial charge in [-0.05, 0) is 12.8 Å². The van der Waals surface area contributed by atoms with E-state index in [1.165, 1.54) is 0 Å². The highest BCUT2D eigenvalue weighted by atomic mass is 32.2. The van der Waals surface area contributed by atoms with Gasteiger partial charge in [-0.25, -0.2) is 4.79 Å². The van der Waals surface area contributed by atoms with Gasteiger partial charge in [0.15, 0.2) is 0 Å². The second-order valence-electron chi connectivity index (χ2n) is 5.11. The number of hydrogen-bond acceptors (Lipinski definition) is 4. The highest BCUT2D eigenvalue weighted by Gasteiger charge is 2.42. The fraction of sp³-hybridized carbons (Fsp3) is 0.769. The molecule has 6 nitrogen and oxygen atoms in total. The Kier molecular flexibility index (Phi) is 5.70. The third-order valence-electron chi connectivity index (χ3n) is 3.65. The largest absolute Gasteiger partial charge is 0.351 e. The Morgan fingerprint density at radius 3 is 3.15 bits per heavy atom. The zero-order valence-corrected chi connectivity index (χ0v) is 12.5. The van der Waals surface area contributed by atoms with Crippen molar-refractivity contribution >= 4 is 29.9 Å². The Bertz CT molecular complexity index is 389. The van der Waals surface area contributed by atoms with Crippen molar-refractivity contribution in [3.05, 3.63) is 0 Å². The molecule has 0 unspecified atom stereocenters. The number of unbranched alkanes of at least 4 members (excludes halogenated alkanes) is 1. The van der Waals surface area contributed by atoms with E-state index in [1.807, 2.05) is 11.8 Å². The summed E-state index contributed by atoms with van der Waals surface area (Å²) >= 11 is 1.92. The predicted octanol–water partition coefficient (Wildman–Crippen LogP) is 0.529. The number of amides is 3. The molecular formula is C13H22N4O2S. The van der Waals surface area contributed by atoms with E-state index >= 15 is 0 Å². The van der Waals surface area contributed by atoms with Gasteiger partial charge in [0.25, 0.3) is 0 Å². The molecule has 3 atom stereocenters. The molecule has 2 aliphatic rings. The number of rotatable bonds is 7. The van der Waals surface area contributed by atoms with Crippen LogP contribution in [0.4, 0.5) is 4.79 Å². The minimum Gasteiger partial charge on any atom is -0.351 e. The lowest BCUT2D eigenvalue weighted by Crippen LogP contribution is -2.36. The second-order valence-corrected chi connectivity index (χ2v) is 6.38. The SMILES string of the molecule is CN=CCNC(=O)CCCC[C@@H]1SC[C@@H]2NC(=O)N[C@@H]21. The molecule has 20 heavy (non-hydrogen) atoms. The van der Waals surface area contributed by atoms with Crippen LogP contribution in [0.25, 0.3) is 0 Å². The first-order valence-electron chi connectivity index (χ1n) is 7.06. The van der Waals surface area contributed by atoms with Crippen LogP contribution in [0.1, 0.15) is 25.7 Å². The third-order valence-corrected chi connectivity index (χ3v) is 5.16. The number of thioether (sulfide) groups is 1. The number of urea groups is 1. The lowest BCUT2D eigenvalue weighted by atomic mass is 10.0. The molecule has 0 aromatic carbocycles. The monoisotopic (exact) mass is 298 g/mol. The molecule has 0 aromatic heterocycles. The van der Waals surface area contributed by atoms with Crippen molar-refractivity contribution < 1.29 is 9.59 Å². The van der Waals surface area contributed by atoms with Crippen molar-refractivity contribution in [2.75, 3.05) is 19.3 Å². The van der Waals surface area contributed by atoms with E-state index in [2.05, 4.69) is 20.9 Å². The van der Waals surface area contributed by atoms with Crippen molar-refractivity contribution in [2.45, 2.75) is 43.0 Å². The number of nitrogens with zero attached hydrogens (tertiary/aromatic N) is 1. The molecule has 0 bridgehead atoms. The third kappa shape index (κ3) is 4.13. The first-order valence-corrected chi connectivity index (χ1v) is 8.11. The molecule has 0 radical (unpaired) electrons. The van der Waals surface area contributed by atoms with E-state index in [4.69, 9.17) is 0 Å². The summed E-state index contributed by atoms with van der Waals surface area (Å²) in [6.07, 6.45) is 5.21. The number of aliphatic imine (C=N–C) groups is 1. The van der Waals surface area contributed by atoms with Crippen molar-refractivity contribution in [2.24, 2.45) is 4.99 Å². The van der Waals surface area contributed by atoms with Gasteiger partial charge in [0.05, 0.1) is 18.6 Å². The maximum Gasteiger partial charge on any atom is 0.315 e. The lowest BCUT2D eigenvalue weighted by Gasteiger charge is -2.16. The number of hydrogen-bond donors (Lipinski definition) is 3. The topological polar surface area (TPSA) is 82.6 Å². The molecule has 2 heterocycles. The van der Waals surface area contributed by atoms with Gasteiger partial charge in [-0.3, -0.25) is 9.79 Å². The summed E-state index contributed by atoms with van der Waals surface area (Å²) in [6, 6.07) is 0.512. The van der Waals surface area contributed by atoms with E-state index in [0.29, 0.717) is 18.2 Å². The highest BCUT2D eigenvalue weighted by molar-refractivity contribution is 8.00. The average molecular weight is 298 g/mol. The van der Waals surface area contributed by atoms with Gasteiger partial charge in [0.2, 0.25) is 5.91 Å². The molecular weight excluding hydrogens is 276 g/mol. The van der Waals surface area contributed by atoms with Crippen LogP contribution in [0, 0.1) is 0 Å². The van der Waals surface area contributed by atoms with E-state index in [1.54, 1.807) is 13.3 Å². The number of fused-ring (bicyclic) bond motifs is 1.